The van der Waals surface area contributed by atoms with E-state index in [1.807, 2.05) is 49.4 Å². The van der Waals surface area contributed by atoms with Crippen molar-refractivity contribution in [1.82, 2.24) is 0 Å². The molecule has 3 heteroatoms. The van der Waals surface area contributed by atoms with Crippen LogP contribution in [0.2, 0.25) is 5.02 Å². The highest BCUT2D eigenvalue weighted by Crippen LogP contribution is 2.27. The van der Waals surface area contributed by atoms with Crippen molar-refractivity contribution in [3.63, 3.8) is 0 Å². The van der Waals surface area contributed by atoms with Gasteiger partial charge in [-0.2, -0.15) is 0 Å². The Bertz CT molecular complexity index is 554. The third kappa shape index (κ3) is 3.14. The Balaban J connectivity index is 2.22. The van der Waals surface area contributed by atoms with Crippen molar-refractivity contribution in [1.29, 1.82) is 0 Å². The minimum atomic E-state index is -0.513. The summed E-state index contributed by atoms with van der Waals surface area (Å²) in [6, 6.07) is 13.5. The highest BCUT2D eigenvalue weighted by atomic mass is 79.9. The van der Waals surface area contributed by atoms with Crippen molar-refractivity contribution in [2.24, 2.45) is 0 Å². The van der Waals surface area contributed by atoms with E-state index in [9.17, 15) is 5.11 Å². The first-order valence-electron chi connectivity index (χ1n) is 5.75. The Kier molecular flexibility index (Phi) is 4.44. The Morgan fingerprint density at radius 2 is 1.94 bits per heavy atom. The number of rotatable bonds is 3. The maximum Gasteiger partial charge on any atom is 0.0833 e. The summed E-state index contributed by atoms with van der Waals surface area (Å²) in [5.41, 5.74) is 3.06. The van der Waals surface area contributed by atoms with Gasteiger partial charge < -0.3 is 5.11 Å². The fourth-order valence-electron chi connectivity index (χ4n) is 1.98. The summed E-state index contributed by atoms with van der Waals surface area (Å²) in [5, 5.41) is 11.0. The molecular weight excluding hydrogens is 312 g/mol. The molecule has 0 aliphatic rings. The quantitative estimate of drug-likeness (QED) is 0.868. The normalized spacial score (nSPS) is 12.4. The summed E-state index contributed by atoms with van der Waals surface area (Å²) in [6.07, 6.45) is 0.0543. The largest absolute Gasteiger partial charge is 0.388 e. The van der Waals surface area contributed by atoms with Gasteiger partial charge in [-0.05, 0) is 41.8 Å². The van der Waals surface area contributed by atoms with Gasteiger partial charge in [0.25, 0.3) is 0 Å². The van der Waals surface area contributed by atoms with E-state index < -0.39 is 6.10 Å². The number of aliphatic hydroxyl groups is 1. The molecule has 2 aromatic rings. The van der Waals surface area contributed by atoms with Crippen LogP contribution in [0.15, 0.2) is 46.9 Å². The molecular formula is C15H14BrClO. The molecule has 0 spiro atoms. The predicted molar refractivity (Wildman–Crippen MR) is 79.0 cm³/mol. The van der Waals surface area contributed by atoms with Crippen LogP contribution in [-0.4, -0.2) is 5.11 Å². The number of hydrogen-bond acceptors (Lipinski definition) is 1. The second kappa shape index (κ2) is 5.87. The molecule has 0 aromatic heterocycles. The van der Waals surface area contributed by atoms with Gasteiger partial charge in [0.15, 0.2) is 0 Å². The number of halogens is 2. The number of aliphatic hydroxyl groups excluding tert-OH is 1. The molecule has 1 N–H and O–H groups in total. The van der Waals surface area contributed by atoms with Gasteiger partial charge in [0.1, 0.15) is 0 Å². The van der Waals surface area contributed by atoms with Gasteiger partial charge in [-0.15, -0.1) is 0 Å². The van der Waals surface area contributed by atoms with E-state index in [1.165, 1.54) is 0 Å². The molecule has 0 radical (unpaired) electrons. The minimum absolute atomic E-state index is 0.513. The second-order valence-electron chi connectivity index (χ2n) is 4.30. The van der Waals surface area contributed by atoms with Crippen molar-refractivity contribution < 1.29 is 5.11 Å². The third-order valence-electron chi connectivity index (χ3n) is 2.99. The maximum atomic E-state index is 10.3. The summed E-state index contributed by atoms with van der Waals surface area (Å²) in [5.74, 6) is 0. The Hall–Kier alpha value is -0.830. The fraction of sp³-hybridized carbons (Fsp3) is 0.200. The summed E-state index contributed by atoms with van der Waals surface area (Å²) >= 11 is 9.42. The zero-order chi connectivity index (χ0) is 13.1. The van der Waals surface area contributed by atoms with Gasteiger partial charge in [0, 0.05) is 15.9 Å². The van der Waals surface area contributed by atoms with E-state index in [4.69, 9.17) is 11.6 Å². The fourth-order valence-corrected chi connectivity index (χ4v) is 2.58. The summed E-state index contributed by atoms with van der Waals surface area (Å²) in [6.45, 7) is 2.00. The van der Waals surface area contributed by atoms with Crippen LogP contribution >= 0.6 is 27.5 Å². The van der Waals surface area contributed by atoms with Crippen molar-refractivity contribution in [2.45, 2.75) is 19.4 Å². The van der Waals surface area contributed by atoms with E-state index in [-0.39, 0.29) is 0 Å². The van der Waals surface area contributed by atoms with Crippen LogP contribution in [0.5, 0.6) is 0 Å². The van der Waals surface area contributed by atoms with Crippen LogP contribution in [0.3, 0.4) is 0 Å². The SMILES string of the molecule is Cc1c(Br)cccc1C(O)Cc1cccc(Cl)c1. The molecule has 0 amide bonds. The molecule has 0 fully saturated rings. The lowest BCUT2D eigenvalue weighted by atomic mass is 9.98. The van der Waals surface area contributed by atoms with Crippen LogP contribution in [0.25, 0.3) is 0 Å². The van der Waals surface area contributed by atoms with E-state index >= 15 is 0 Å². The van der Waals surface area contributed by atoms with Crippen molar-refractivity contribution >= 4 is 27.5 Å². The second-order valence-corrected chi connectivity index (χ2v) is 5.59. The zero-order valence-corrected chi connectivity index (χ0v) is 12.4. The van der Waals surface area contributed by atoms with E-state index in [1.54, 1.807) is 0 Å². The molecule has 18 heavy (non-hydrogen) atoms. The van der Waals surface area contributed by atoms with Gasteiger partial charge in [-0.25, -0.2) is 0 Å². The van der Waals surface area contributed by atoms with E-state index in [2.05, 4.69) is 15.9 Å². The van der Waals surface area contributed by atoms with Gasteiger partial charge >= 0.3 is 0 Å². The first-order chi connectivity index (χ1) is 8.58. The van der Waals surface area contributed by atoms with Crippen LogP contribution in [-0.2, 0) is 6.42 Å². The molecule has 0 bridgehead atoms. The van der Waals surface area contributed by atoms with Crippen LogP contribution < -0.4 is 0 Å². The van der Waals surface area contributed by atoms with Crippen LogP contribution in [0.1, 0.15) is 22.8 Å². The third-order valence-corrected chi connectivity index (χ3v) is 4.08. The minimum Gasteiger partial charge on any atom is -0.388 e. The Labute approximate surface area is 121 Å². The average molecular weight is 326 g/mol. The lowest BCUT2D eigenvalue weighted by Crippen LogP contribution is -2.04. The lowest BCUT2D eigenvalue weighted by molar-refractivity contribution is 0.177. The standard InChI is InChI=1S/C15H14BrClO/c1-10-13(6-3-7-14(10)16)15(18)9-11-4-2-5-12(17)8-11/h2-8,15,18H,9H2,1H3. The van der Waals surface area contributed by atoms with Gasteiger partial charge in [0.05, 0.1) is 6.10 Å². The maximum absolute atomic E-state index is 10.3. The molecule has 94 valence electrons. The molecule has 1 atom stereocenters. The molecule has 0 aliphatic carbocycles. The van der Waals surface area contributed by atoms with E-state index in [0.29, 0.717) is 11.4 Å². The van der Waals surface area contributed by atoms with Crippen LogP contribution in [0.4, 0.5) is 0 Å². The topological polar surface area (TPSA) is 20.2 Å². The highest BCUT2D eigenvalue weighted by molar-refractivity contribution is 9.10. The van der Waals surface area contributed by atoms with Gasteiger partial charge in [-0.1, -0.05) is 51.8 Å². The van der Waals surface area contributed by atoms with Crippen molar-refractivity contribution in [2.75, 3.05) is 0 Å². The van der Waals surface area contributed by atoms with Crippen molar-refractivity contribution in [3.8, 4) is 0 Å². The monoisotopic (exact) mass is 324 g/mol. The average Bonchev–Trinajstić information content (AvgIpc) is 2.32. The molecule has 0 heterocycles. The number of hydrogen-bond donors (Lipinski definition) is 1. The van der Waals surface area contributed by atoms with Gasteiger partial charge in [0.2, 0.25) is 0 Å². The summed E-state index contributed by atoms with van der Waals surface area (Å²) in [7, 11) is 0. The Morgan fingerprint density at radius 3 is 2.67 bits per heavy atom. The highest BCUT2D eigenvalue weighted by Gasteiger charge is 2.12. The van der Waals surface area contributed by atoms with Gasteiger partial charge in [-0.3, -0.25) is 0 Å². The number of benzene rings is 2. The zero-order valence-electron chi connectivity index (χ0n) is 10.0. The molecule has 1 nitrogen and oxygen atoms in total. The smallest absolute Gasteiger partial charge is 0.0833 e. The van der Waals surface area contributed by atoms with E-state index in [0.717, 1.165) is 21.2 Å². The Morgan fingerprint density at radius 1 is 1.22 bits per heavy atom. The molecule has 2 aromatic carbocycles. The molecule has 0 saturated carbocycles. The first kappa shape index (κ1) is 13.6. The first-order valence-corrected chi connectivity index (χ1v) is 6.92. The molecule has 1 unspecified atom stereocenters. The predicted octanol–water partition coefficient (Wildman–Crippen LogP) is 4.69. The molecule has 0 saturated heterocycles. The summed E-state index contributed by atoms with van der Waals surface area (Å²) < 4.78 is 1.02. The lowest BCUT2D eigenvalue weighted by Gasteiger charge is -2.15. The van der Waals surface area contributed by atoms with Crippen LogP contribution in [0, 0.1) is 6.92 Å². The van der Waals surface area contributed by atoms with Crippen molar-refractivity contribution in [3.05, 3.63) is 68.7 Å². The molecule has 2 rings (SSSR count). The molecule has 0 aliphatic heterocycles. The summed E-state index contributed by atoms with van der Waals surface area (Å²) in [4.78, 5) is 0.